The maximum Gasteiger partial charge on any atom is 0.142 e. The molecular formula is C13H17ClFNO. The third kappa shape index (κ3) is 2.79. The maximum absolute atomic E-state index is 13.3. The second-order valence-electron chi connectivity index (χ2n) is 4.73. The lowest BCUT2D eigenvalue weighted by Crippen LogP contribution is -2.34. The molecule has 0 bridgehead atoms. The summed E-state index contributed by atoms with van der Waals surface area (Å²) in [6.45, 7) is 3.93. The molecule has 0 saturated carbocycles. The Kier molecular flexibility index (Phi) is 4.02. The Balaban J connectivity index is 2.07. The Morgan fingerprint density at radius 1 is 1.53 bits per heavy atom. The summed E-state index contributed by atoms with van der Waals surface area (Å²) in [5.74, 6) is 0.120. The van der Waals surface area contributed by atoms with E-state index in [-0.39, 0.29) is 23.5 Å². The van der Waals surface area contributed by atoms with Crippen molar-refractivity contribution >= 4 is 11.6 Å². The van der Waals surface area contributed by atoms with Crippen molar-refractivity contribution in [3.8, 4) is 0 Å². The largest absolute Gasteiger partial charge is 0.395 e. The number of halogens is 2. The van der Waals surface area contributed by atoms with Crippen molar-refractivity contribution in [2.75, 3.05) is 13.2 Å². The van der Waals surface area contributed by atoms with Crippen LogP contribution in [0.5, 0.6) is 0 Å². The van der Waals surface area contributed by atoms with E-state index in [4.69, 9.17) is 11.6 Å². The molecule has 1 aromatic carbocycles. The van der Waals surface area contributed by atoms with Gasteiger partial charge in [-0.1, -0.05) is 24.6 Å². The minimum Gasteiger partial charge on any atom is -0.395 e. The molecule has 0 amide bonds. The molecule has 2 unspecified atom stereocenters. The first-order valence-corrected chi connectivity index (χ1v) is 6.28. The molecule has 1 aliphatic heterocycles. The highest BCUT2D eigenvalue weighted by molar-refractivity contribution is 6.30. The molecule has 1 fully saturated rings. The number of benzene rings is 1. The third-order valence-corrected chi connectivity index (χ3v) is 3.86. The molecule has 2 nitrogen and oxygen atoms in total. The van der Waals surface area contributed by atoms with E-state index in [9.17, 15) is 9.50 Å². The second-order valence-corrected chi connectivity index (χ2v) is 5.14. The number of rotatable bonds is 3. The van der Waals surface area contributed by atoms with Crippen LogP contribution in [0.15, 0.2) is 18.2 Å². The SMILES string of the molecule is CC1CCN(Cc2ccc(Cl)c(F)c2)C1CO. The van der Waals surface area contributed by atoms with Crippen LogP contribution in [0, 0.1) is 11.7 Å². The fourth-order valence-corrected chi connectivity index (χ4v) is 2.57. The molecule has 1 aromatic rings. The van der Waals surface area contributed by atoms with Crippen molar-refractivity contribution in [2.45, 2.75) is 25.9 Å². The number of hydrogen-bond donors (Lipinski definition) is 1. The summed E-state index contributed by atoms with van der Waals surface area (Å²) in [7, 11) is 0. The molecule has 0 radical (unpaired) electrons. The number of aliphatic hydroxyl groups excluding tert-OH is 1. The fraction of sp³-hybridized carbons (Fsp3) is 0.538. The first kappa shape index (κ1) is 12.8. The summed E-state index contributed by atoms with van der Waals surface area (Å²) >= 11 is 5.65. The molecule has 0 aliphatic carbocycles. The molecule has 2 atom stereocenters. The highest BCUT2D eigenvalue weighted by atomic mass is 35.5. The Bertz CT molecular complexity index is 399. The first-order valence-electron chi connectivity index (χ1n) is 5.90. The monoisotopic (exact) mass is 257 g/mol. The summed E-state index contributed by atoms with van der Waals surface area (Å²) in [5, 5.41) is 9.50. The van der Waals surface area contributed by atoms with Gasteiger partial charge < -0.3 is 5.11 Å². The molecule has 1 saturated heterocycles. The van der Waals surface area contributed by atoms with Crippen LogP contribution in [0.1, 0.15) is 18.9 Å². The highest BCUT2D eigenvalue weighted by Gasteiger charge is 2.30. The normalized spacial score (nSPS) is 25.4. The van der Waals surface area contributed by atoms with Gasteiger partial charge in [0, 0.05) is 12.6 Å². The van der Waals surface area contributed by atoms with Gasteiger partial charge in [-0.25, -0.2) is 4.39 Å². The predicted molar refractivity (Wildman–Crippen MR) is 66.5 cm³/mol. The van der Waals surface area contributed by atoms with Crippen molar-refractivity contribution in [3.05, 3.63) is 34.6 Å². The molecule has 1 N–H and O–H groups in total. The van der Waals surface area contributed by atoms with Crippen LogP contribution in [0.4, 0.5) is 4.39 Å². The van der Waals surface area contributed by atoms with Crippen LogP contribution in [0.25, 0.3) is 0 Å². The Morgan fingerprint density at radius 3 is 2.94 bits per heavy atom. The van der Waals surface area contributed by atoms with Gasteiger partial charge in [0.2, 0.25) is 0 Å². The molecule has 1 heterocycles. The van der Waals surface area contributed by atoms with Crippen LogP contribution in [-0.4, -0.2) is 29.2 Å². The standard InChI is InChI=1S/C13H17ClFNO/c1-9-4-5-16(13(9)8-17)7-10-2-3-11(14)12(15)6-10/h2-3,6,9,13,17H,4-5,7-8H2,1H3. The summed E-state index contributed by atoms with van der Waals surface area (Å²) in [5.41, 5.74) is 0.902. The summed E-state index contributed by atoms with van der Waals surface area (Å²) in [6, 6.07) is 5.08. The molecular weight excluding hydrogens is 241 g/mol. The summed E-state index contributed by atoms with van der Waals surface area (Å²) in [6.07, 6.45) is 1.08. The van der Waals surface area contributed by atoms with E-state index in [2.05, 4.69) is 11.8 Å². The summed E-state index contributed by atoms with van der Waals surface area (Å²) < 4.78 is 13.3. The first-order chi connectivity index (χ1) is 8.11. The molecule has 94 valence electrons. The van der Waals surface area contributed by atoms with E-state index in [1.807, 2.05) is 6.07 Å². The van der Waals surface area contributed by atoms with E-state index in [1.165, 1.54) is 6.07 Å². The Hall–Kier alpha value is -0.640. The van der Waals surface area contributed by atoms with E-state index in [1.54, 1.807) is 6.07 Å². The van der Waals surface area contributed by atoms with Gasteiger partial charge in [-0.05, 0) is 36.6 Å². The lowest BCUT2D eigenvalue weighted by atomic mass is 10.0. The van der Waals surface area contributed by atoms with Crippen molar-refractivity contribution in [3.63, 3.8) is 0 Å². The van der Waals surface area contributed by atoms with Gasteiger partial charge in [-0.15, -0.1) is 0 Å². The molecule has 17 heavy (non-hydrogen) atoms. The van der Waals surface area contributed by atoms with Crippen LogP contribution >= 0.6 is 11.6 Å². The van der Waals surface area contributed by atoms with Crippen molar-refractivity contribution in [1.82, 2.24) is 4.90 Å². The zero-order valence-corrected chi connectivity index (χ0v) is 10.6. The maximum atomic E-state index is 13.3. The summed E-state index contributed by atoms with van der Waals surface area (Å²) in [4.78, 5) is 2.20. The third-order valence-electron chi connectivity index (χ3n) is 3.55. The molecule has 1 aliphatic rings. The van der Waals surface area contributed by atoms with Crippen LogP contribution in [-0.2, 0) is 6.54 Å². The van der Waals surface area contributed by atoms with Crippen LogP contribution in [0.3, 0.4) is 0 Å². The van der Waals surface area contributed by atoms with Crippen LogP contribution < -0.4 is 0 Å². The minimum atomic E-state index is -0.378. The quantitative estimate of drug-likeness (QED) is 0.900. The average Bonchev–Trinajstić information content (AvgIpc) is 2.64. The zero-order chi connectivity index (χ0) is 12.4. The van der Waals surface area contributed by atoms with Gasteiger partial charge in [-0.3, -0.25) is 4.90 Å². The Labute approximate surface area is 106 Å². The van der Waals surface area contributed by atoms with Gasteiger partial charge in [0.1, 0.15) is 5.82 Å². The smallest absolute Gasteiger partial charge is 0.142 e. The molecule has 2 rings (SSSR count). The number of hydrogen-bond acceptors (Lipinski definition) is 2. The minimum absolute atomic E-state index is 0.155. The molecule has 0 spiro atoms. The second kappa shape index (κ2) is 5.34. The lowest BCUT2D eigenvalue weighted by molar-refractivity contribution is 0.134. The van der Waals surface area contributed by atoms with Crippen molar-refractivity contribution in [2.24, 2.45) is 5.92 Å². The van der Waals surface area contributed by atoms with E-state index in [0.29, 0.717) is 12.5 Å². The van der Waals surface area contributed by atoms with Gasteiger partial charge in [0.05, 0.1) is 11.6 Å². The van der Waals surface area contributed by atoms with Crippen molar-refractivity contribution < 1.29 is 9.50 Å². The fourth-order valence-electron chi connectivity index (χ4n) is 2.45. The number of aliphatic hydroxyl groups is 1. The van der Waals surface area contributed by atoms with Gasteiger partial charge in [0.25, 0.3) is 0 Å². The van der Waals surface area contributed by atoms with Crippen molar-refractivity contribution in [1.29, 1.82) is 0 Å². The topological polar surface area (TPSA) is 23.5 Å². The zero-order valence-electron chi connectivity index (χ0n) is 9.87. The van der Waals surface area contributed by atoms with Gasteiger partial charge >= 0.3 is 0 Å². The molecule has 0 aromatic heterocycles. The average molecular weight is 258 g/mol. The van der Waals surface area contributed by atoms with E-state index >= 15 is 0 Å². The number of nitrogens with zero attached hydrogens (tertiary/aromatic N) is 1. The van der Waals surface area contributed by atoms with Crippen LogP contribution in [0.2, 0.25) is 5.02 Å². The van der Waals surface area contributed by atoms with Gasteiger partial charge in [0.15, 0.2) is 0 Å². The van der Waals surface area contributed by atoms with E-state index in [0.717, 1.165) is 18.5 Å². The lowest BCUT2D eigenvalue weighted by Gasteiger charge is -2.25. The number of likely N-dealkylation sites (tertiary alicyclic amines) is 1. The predicted octanol–water partition coefficient (Wildman–Crippen LogP) is 2.68. The highest BCUT2D eigenvalue weighted by Crippen LogP contribution is 2.26. The van der Waals surface area contributed by atoms with E-state index < -0.39 is 0 Å². The Morgan fingerprint density at radius 2 is 2.29 bits per heavy atom. The van der Waals surface area contributed by atoms with Gasteiger partial charge in [-0.2, -0.15) is 0 Å². The molecule has 4 heteroatoms.